The van der Waals surface area contributed by atoms with Crippen molar-refractivity contribution in [3.05, 3.63) is 40.6 Å². The van der Waals surface area contributed by atoms with Crippen molar-refractivity contribution in [2.45, 2.75) is 69.2 Å². The summed E-state index contributed by atoms with van der Waals surface area (Å²) < 4.78 is 23.3. The fraction of sp³-hybridized carbons (Fsp3) is 0.619. The van der Waals surface area contributed by atoms with Gasteiger partial charge in [0.25, 0.3) is 7.94 Å². The van der Waals surface area contributed by atoms with Crippen molar-refractivity contribution < 1.29 is 23.4 Å². The lowest BCUT2D eigenvalue weighted by molar-refractivity contribution is -0.219. The lowest BCUT2D eigenvalue weighted by Gasteiger charge is -2.28. The third kappa shape index (κ3) is 5.17. The van der Waals surface area contributed by atoms with Crippen LogP contribution in [0.4, 0.5) is 0 Å². The third-order valence-corrected chi connectivity index (χ3v) is 8.83. The van der Waals surface area contributed by atoms with Gasteiger partial charge in [0.15, 0.2) is 11.6 Å². The summed E-state index contributed by atoms with van der Waals surface area (Å²) in [5.41, 5.74) is -0.645. The van der Waals surface area contributed by atoms with Crippen LogP contribution in [0.25, 0.3) is 0 Å². The second kappa shape index (κ2) is 10.0. The van der Waals surface area contributed by atoms with Crippen molar-refractivity contribution in [3.8, 4) is 0 Å². The number of hydrogen-bond donors (Lipinski definition) is 0. The van der Waals surface area contributed by atoms with Crippen LogP contribution in [0, 0.1) is 0 Å². The second-order valence-electron chi connectivity index (χ2n) is 7.40. The van der Waals surface area contributed by atoms with Crippen LogP contribution >= 0.6 is 19.7 Å². The van der Waals surface area contributed by atoms with Crippen molar-refractivity contribution >= 4 is 19.7 Å². The molecule has 1 saturated heterocycles. The summed E-state index contributed by atoms with van der Waals surface area (Å²) in [6, 6.07) is 10.1. The summed E-state index contributed by atoms with van der Waals surface area (Å²) in [6.45, 7) is 5.07. The average molecular weight is 427 g/mol. The van der Waals surface area contributed by atoms with Crippen LogP contribution in [0.15, 0.2) is 45.4 Å². The molecule has 0 aromatic heterocycles. The van der Waals surface area contributed by atoms with E-state index in [4.69, 9.17) is 18.5 Å². The van der Waals surface area contributed by atoms with E-state index in [1.54, 1.807) is 11.8 Å². The van der Waals surface area contributed by atoms with Gasteiger partial charge in [0.05, 0.1) is 12.0 Å². The van der Waals surface area contributed by atoms with Crippen molar-refractivity contribution in [3.63, 3.8) is 0 Å². The first-order valence-electron chi connectivity index (χ1n) is 10.1. The Balaban J connectivity index is 1.90. The minimum atomic E-state index is -3.41. The summed E-state index contributed by atoms with van der Waals surface area (Å²) in [5, 5.41) is 0.636. The molecule has 0 aliphatic carbocycles. The molecule has 2 heterocycles. The SMILES string of the molecule is CCCCC1(C)O[P+]([O-])(OC)C(COC2CCCCO2)=C1Sc1ccccc1. The standard InChI is InChI=1S/C21H31O5PS/c1-4-5-14-21(2)20(28-17-11-7-6-8-12-17)18(27(22,23-3)26-21)16-25-19-13-9-10-15-24-19/h6-8,11-12,19H,4-5,9-10,13-16H2,1-3H3. The summed E-state index contributed by atoms with van der Waals surface area (Å²) in [7, 11) is -1.95. The quantitative estimate of drug-likeness (QED) is 0.501. The number of benzene rings is 1. The van der Waals surface area contributed by atoms with Crippen molar-refractivity contribution in [2.24, 2.45) is 0 Å². The first kappa shape index (κ1) is 22.2. The predicted molar refractivity (Wildman–Crippen MR) is 112 cm³/mol. The highest BCUT2D eigenvalue weighted by atomic mass is 32.2. The molecule has 0 bridgehead atoms. The number of hydrogen-bond acceptors (Lipinski definition) is 6. The molecular formula is C21H31O5PS. The molecule has 7 heteroatoms. The smallest absolute Gasteiger partial charge is 0.271 e. The molecule has 28 heavy (non-hydrogen) atoms. The Morgan fingerprint density at radius 3 is 2.71 bits per heavy atom. The van der Waals surface area contributed by atoms with Crippen LogP contribution in [0.3, 0.4) is 0 Å². The Morgan fingerprint density at radius 2 is 2.07 bits per heavy atom. The number of thioether (sulfide) groups is 1. The van der Waals surface area contributed by atoms with E-state index in [-0.39, 0.29) is 12.9 Å². The minimum absolute atomic E-state index is 0.201. The Morgan fingerprint density at radius 1 is 1.29 bits per heavy atom. The van der Waals surface area contributed by atoms with Crippen molar-refractivity contribution in [2.75, 3.05) is 20.3 Å². The van der Waals surface area contributed by atoms with Crippen LogP contribution in [-0.4, -0.2) is 32.2 Å². The zero-order valence-electron chi connectivity index (χ0n) is 17.0. The van der Waals surface area contributed by atoms with Crippen molar-refractivity contribution in [1.29, 1.82) is 0 Å². The molecule has 5 nitrogen and oxygen atoms in total. The maximum atomic E-state index is 13.5. The highest BCUT2D eigenvalue weighted by Gasteiger charge is 2.56. The highest BCUT2D eigenvalue weighted by Crippen LogP contribution is 2.72. The summed E-state index contributed by atoms with van der Waals surface area (Å²) >= 11 is 1.60. The fourth-order valence-electron chi connectivity index (χ4n) is 3.54. The zero-order chi connectivity index (χ0) is 20.0. The fourth-order valence-corrected chi connectivity index (χ4v) is 6.98. The Hall–Kier alpha value is -0.460. The van der Waals surface area contributed by atoms with Crippen LogP contribution < -0.4 is 4.89 Å². The molecule has 1 fully saturated rings. The van der Waals surface area contributed by atoms with Gasteiger partial charge in [-0.1, -0.05) is 49.7 Å². The van der Waals surface area contributed by atoms with Gasteiger partial charge >= 0.3 is 0 Å². The van der Waals surface area contributed by atoms with E-state index in [0.29, 0.717) is 11.9 Å². The first-order valence-corrected chi connectivity index (χ1v) is 12.4. The first-order chi connectivity index (χ1) is 13.5. The van der Waals surface area contributed by atoms with Gasteiger partial charge in [-0.2, -0.15) is 4.52 Å². The van der Waals surface area contributed by atoms with Gasteiger partial charge in [-0.25, -0.2) is 4.52 Å². The lowest BCUT2D eigenvalue weighted by Crippen LogP contribution is -2.27. The molecule has 2 aliphatic heterocycles. The minimum Gasteiger partial charge on any atom is -0.627 e. The molecule has 2 aliphatic rings. The topological polar surface area (TPSA) is 60.0 Å². The van der Waals surface area contributed by atoms with E-state index in [2.05, 4.69) is 19.1 Å². The monoisotopic (exact) mass is 426 g/mol. The van der Waals surface area contributed by atoms with Gasteiger partial charge in [0.1, 0.15) is 12.2 Å². The van der Waals surface area contributed by atoms with Crippen LogP contribution in [0.2, 0.25) is 0 Å². The number of ether oxygens (including phenoxy) is 2. The van der Waals surface area contributed by atoms with Gasteiger partial charge in [-0.3, -0.25) is 0 Å². The third-order valence-electron chi connectivity index (χ3n) is 5.15. The molecule has 0 radical (unpaired) electrons. The molecule has 0 N–H and O–H groups in total. The normalized spacial score (nSPS) is 30.8. The molecule has 0 spiro atoms. The number of unbranched alkanes of at least 4 members (excludes halogenated alkanes) is 1. The number of rotatable bonds is 9. The lowest BCUT2D eigenvalue weighted by atomic mass is 9.98. The molecule has 1 aromatic rings. The van der Waals surface area contributed by atoms with Gasteiger partial charge < -0.3 is 14.4 Å². The molecule has 0 amide bonds. The van der Waals surface area contributed by atoms with Gasteiger partial charge in [-0.15, -0.1) is 0 Å². The van der Waals surface area contributed by atoms with Crippen LogP contribution in [-0.2, 0) is 18.5 Å². The maximum absolute atomic E-state index is 13.5. The molecule has 3 unspecified atom stereocenters. The van der Waals surface area contributed by atoms with Gasteiger partial charge in [0.2, 0.25) is 0 Å². The molecule has 3 atom stereocenters. The van der Waals surface area contributed by atoms with Gasteiger partial charge in [0, 0.05) is 11.5 Å². The van der Waals surface area contributed by atoms with Gasteiger partial charge in [-0.05, 0) is 44.7 Å². The van der Waals surface area contributed by atoms with Crippen LogP contribution in [0.1, 0.15) is 52.4 Å². The van der Waals surface area contributed by atoms with Crippen LogP contribution in [0.5, 0.6) is 0 Å². The van der Waals surface area contributed by atoms with E-state index in [0.717, 1.165) is 48.3 Å². The summed E-state index contributed by atoms with van der Waals surface area (Å²) in [5.74, 6) is 0. The van der Waals surface area contributed by atoms with E-state index in [1.165, 1.54) is 7.11 Å². The summed E-state index contributed by atoms with van der Waals surface area (Å²) in [4.78, 5) is 15.6. The summed E-state index contributed by atoms with van der Waals surface area (Å²) in [6.07, 6.45) is 5.57. The second-order valence-corrected chi connectivity index (χ2v) is 10.6. The van der Waals surface area contributed by atoms with E-state index >= 15 is 0 Å². The molecule has 156 valence electrons. The molecular weight excluding hydrogens is 395 g/mol. The predicted octanol–water partition coefficient (Wildman–Crippen LogP) is 5.28. The zero-order valence-corrected chi connectivity index (χ0v) is 18.7. The van der Waals surface area contributed by atoms with E-state index < -0.39 is 13.5 Å². The Kier molecular flexibility index (Phi) is 7.97. The van der Waals surface area contributed by atoms with Crippen molar-refractivity contribution in [1.82, 2.24) is 0 Å². The molecule has 1 aromatic carbocycles. The maximum Gasteiger partial charge on any atom is 0.271 e. The molecule has 0 saturated carbocycles. The Labute approximate surface area is 173 Å². The largest absolute Gasteiger partial charge is 0.627 e. The average Bonchev–Trinajstić information content (AvgIpc) is 2.93. The van der Waals surface area contributed by atoms with E-state index in [1.807, 2.05) is 25.1 Å². The highest BCUT2D eigenvalue weighted by molar-refractivity contribution is 8.03. The van der Waals surface area contributed by atoms with E-state index in [9.17, 15) is 4.89 Å². The molecule has 3 rings (SSSR count). The Bertz CT molecular complexity index is 664.